The summed E-state index contributed by atoms with van der Waals surface area (Å²) < 4.78 is 47.4. The molecule has 0 atom stereocenters. The number of ether oxygens (including phenoxy) is 1. The van der Waals surface area contributed by atoms with Crippen LogP contribution in [0.1, 0.15) is 35.6 Å². The monoisotopic (exact) mass is 444 g/mol. The van der Waals surface area contributed by atoms with E-state index < -0.39 is 11.6 Å². The second kappa shape index (κ2) is 10.3. The normalized spacial score (nSPS) is 10.7. The third-order valence-corrected chi connectivity index (χ3v) is 5.38. The summed E-state index contributed by atoms with van der Waals surface area (Å²) in [5.74, 6) is 4.46. The number of halogens is 3. The molecule has 0 bridgehead atoms. The fourth-order valence-electron chi connectivity index (χ4n) is 3.56. The third kappa shape index (κ3) is 5.56. The first kappa shape index (κ1) is 22.5. The van der Waals surface area contributed by atoms with Crippen LogP contribution in [0.5, 0.6) is 5.75 Å². The van der Waals surface area contributed by atoms with E-state index in [4.69, 9.17) is 4.74 Å². The maximum Gasteiger partial charge on any atom is 0.166 e. The van der Waals surface area contributed by atoms with Crippen LogP contribution in [0.4, 0.5) is 13.2 Å². The van der Waals surface area contributed by atoms with Crippen molar-refractivity contribution in [1.82, 2.24) is 0 Å². The first-order valence-corrected chi connectivity index (χ1v) is 10.9. The molecular formula is C29H23F3O. The van der Waals surface area contributed by atoms with E-state index in [2.05, 4.69) is 18.8 Å². The largest absolute Gasteiger partial charge is 0.494 e. The van der Waals surface area contributed by atoms with Crippen molar-refractivity contribution in [3.8, 4) is 17.6 Å². The lowest BCUT2D eigenvalue weighted by Crippen LogP contribution is -1.96. The second-order valence-corrected chi connectivity index (χ2v) is 7.85. The SMILES string of the molecule is CCCOc1ccc(CCc2ccc(C#Cc3ccc4c(F)c(F)ccc4c3)c(F)c2)cc1. The van der Waals surface area contributed by atoms with Gasteiger partial charge in [-0.2, -0.15) is 0 Å². The Bertz CT molecular complexity index is 1330. The van der Waals surface area contributed by atoms with Gasteiger partial charge in [0.25, 0.3) is 0 Å². The molecule has 0 amide bonds. The highest BCUT2D eigenvalue weighted by molar-refractivity contribution is 5.84. The minimum atomic E-state index is -0.887. The molecule has 0 aliphatic rings. The second-order valence-electron chi connectivity index (χ2n) is 7.85. The van der Waals surface area contributed by atoms with Gasteiger partial charge in [0.2, 0.25) is 0 Å². The highest BCUT2D eigenvalue weighted by atomic mass is 19.2. The quantitative estimate of drug-likeness (QED) is 0.285. The molecule has 0 fully saturated rings. The van der Waals surface area contributed by atoms with Gasteiger partial charge in [-0.15, -0.1) is 0 Å². The van der Waals surface area contributed by atoms with Gasteiger partial charge in [0.05, 0.1) is 12.2 Å². The van der Waals surface area contributed by atoms with Crippen molar-refractivity contribution in [2.45, 2.75) is 26.2 Å². The fourth-order valence-corrected chi connectivity index (χ4v) is 3.56. The zero-order valence-corrected chi connectivity index (χ0v) is 18.3. The van der Waals surface area contributed by atoms with Crippen LogP contribution in [-0.2, 0) is 12.8 Å². The molecule has 0 saturated carbocycles. The molecule has 0 unspecified atom stereocenters. The molecule has 0 saturated heterocycles. The lowest BCUT2D eigenvalue weighted by Gasteiger charge is -2.07. The summed E-state index contributed by atoms with van der Waals surface area (Å²) in [6.07, 6.45) is 2.48. The van der Waals surface area contributed by atoms with E-state index in [0.29, 0.717) is 29.5 Å². The van der Waals surface area contributed by atoms with Gasteiger partial charge < -0.3 is 4.74 Å². The third-order valence-electron chi connectivity index (χ3n) is 5.38. The molecule has 0 heterocycles. The standard InChI is InChI=1S/C29H23F3O/c1-2-17-33-25-13-7-20(8-14-25)3-4-22-6-11-23(28(31)19-22)10-5-21-9-15-26-24(18-21)12-16-27(30)29(26)32/h6-9,11-16,18-19H,2-4,17H2,1H3. The number of rotatable bonds is 6. The van der Waals surface area contributed by atoms with Crippen molar-refractivity contribution in [2.75, 3.05) is 6.61 Å². The lowest BCUT2D eigenvalue weighted by molar-refractivity contribution is 0.317. The average molecular weight is 444 g/mol. The molecular weight excluding hydrogens is 421 g/mol. The highest BCUT2D eigenvalue weighted by Crippen LogP contribution is 2.21. The first-order valence-electron chi connectivity index (χ1n) is 10.9. The molecule has 0 aromatic heterocycles. The van der Waals surface area contributed by atoms with Gasteiger partial charge in [0, 0.05) is 10.9 Å². The number of hydrogen-bond acceptors (Lipinski definition) is 1. The highest BCUT2D eigenvalue weighted by Gasteiger charge is 2.07. The number of aryl methyl sites for hydroxylation is 2. The van der Waals surface area contributed by atoms with E-state index in [-0.39, 0.29) is 11.2 Å². The van der Waals surface area contributed by atoms with Gasteiger partial charge in [0.15, 0.2) is 11.6 Å². The Balaban J connectivity index is 1.42. The Morgan fingerprint density at radius 2 is 1.48 bits per heavy atom. The zero-order chi connectivity index (χ0) is 23.2. The van der Waals surface area contributed by atoms with Crippen molar-refractivity contribution in [3.05, 3.63) is 113 Å². The summed E-state index contributed by atoms with van der Waals surface area (Å²) in [7, 11) is 0. The summed E-state index contributed by atoms with van der Waals surface area (Å²) in [5, 5.41) is 0.737. The summed E-state index contributed by atoms with van der Waals surface area (Å²) in [4.78, 5) is 0. The van der Waals surface area contributed by atoms with Crippen molar-refractivity contribution in [3.63, 3.8) is 0 Å². The van der Waals surface area contributed by atoms with E-state index in [1.807, 2.05) is 30.3 Å². The predicted octanol–water partition coefficient (Wildman–Crippen LogP) is 7.23. The van der Waals surface area contributed by atoms with Crippen LogP contribution in [0, 0.1) is 29.3 Å². The summed E-state index contributed by atoms with van der Waals surface area (Å²) in [6.45, 7) is 2.77. The van der Waals surface area contributed by atoms with E-state index in [1.54, 1.807) is 18.2 Å². The van der Waals surface area contributed by atoms with Gasteiger partial charge in [-0.25, -0.2) is 13.2 Å². The molecule has 0 spiro atoms. The number of fused-ring (bicyclic) bond motifs is 1. The molecule has 1 nitrogen and oxygen atoms in total. The molecule has 0 aliphatic carbocycles. The van der Waals surface area contributed by atoms with Crippen molar-refractivity contribution in [1.29, 1.82) is 0 Å². The van der Waals surface area contributed by atoms with Gasteiger partial charge in [0.1, 0.15) is 11.6 Å². The average Bonchev–Trinajstić information content (AvgIpc) is 2.84. The van der Waals surface area contributed by atoms with Crippen molar-refractivity contribution in [2.24, 2.45) is 0 Å². The smallest absolute Gasteiger partial charge is 0.166 e. The van der Waals surface area contributed by atoms with E-state index in [0.717, 1.165) is 35.8 Å². The Labute approximate surface area is 191 Å². The van der Waals surface area contributed by atoms with E-state index >= 15 is 0 Å². The topological polar surface area (TPSA) is 9.23 Å². The Morgan fingerprint density at radius 1 is 0.727 bits per heavy atom. The summed E-state index contributed by atoms with van der Waals surface area (Å²) in [5.41, 5.74) is 2.95. The maximum atomic E-state index is 14.6. The first-order chi connectivity index (χ1) is 16.0. The molecule has 4 aromatic carbocycles. The van der Waals surface area contributed by atoms with Crippen molar-refractivity contribution < 1.29 is 17.9 Å². The maximum absolute atomic E-state index is 14.6. The van der Waals surface area contributed by atoms with Gasteiger partial charge in [-0.05, 0) is 78.2 Å². The zero-order valence-electron chi connectivity index (χ0n) is 18.3. The van der Waals surface area contributed by atoms with Crippen LogP contribution in [0.2, 0.25) is 0 Å². The van der Waals surface area contributed by atoms with E-state index in [9.17, 15) is 13.2 Å². The van der Waals surface area contributed by atoms with Crippen LogP contribution >= 0.6 is 0 Å². The minimum Gasteiger partial charge on any atom is -0.494 e. The Hall–Kier alpha value is -3.71. The molecule has 0 N–H and O–H groups in total. The fraction of sp³-hybridized carbons (Fsp3) is 0.172. The molecule has 33 heavy (non-hydrogen) atoms. The predicted molar refractivity (Wildman–Crippen MR) is 126 cm³/mol. The number of hydrogen-bond donors (Lipinski definition) is 0. The van der Waals surface area contributed by atoms with Crippen LogP contribution in [-0.4, -0.2) is 6.61 Å². The van der Waals surface area contributed by atoms with E-state index in [1.165, 1.54) is 18.2 Å². The molecule has 4 rings (SSSR count). The molecule has 4 aromatic rings. The van der Waals surface area contributed by atoms with Crippen LogP contribution in [0.3, 0.4) is 0 Å². The lowest BCUT2D eigenvalue weighted by atomic mass is 10.0. The molecule has 0 aliphatic heterocycles. The molecule has 4 heteroatoms. The van der Waals surface area contributed by atoms with Crippen LogP contribution in [0.15, 0.2) is 72.8 Å². The summed E-state index contributed by atoms with van der Waals surface area (Å²) in [6, 6.07) is 20.4. The van der Waals surface area contributed by atoms with Gasteiger partial charge >= 0.3 is 0 Å². The summed E-state index contributed by atoms with van der Waals surface area (Å²) >= 11 is 0. The minimum absolute atomic E-state index is 0.194. The van der Waals surface area contributed by atoms with Gasteiger partial charge in [-0.3, -0.25) is 0 Å². The Morgan fingerprint density at radius 3 is 2.24 bits per heavy atom. The number of benzene rings is 4. The molecule has 0 radical (unpaired) electrons. The van der Waals surface area contributed by atoms with Crippen LogP contribution in [0.25, 0.3) is 10.8 Å². The van der Waals surface area contributed by atoms with Crippen molar-refractivity contribution >= 4 is 10.8 Å². The van der Waals surface area contributed by atoms with Crippen LogP contribution < -0.4 is 4.74 Å². The Kier molecular flexibility index (Phi) is 7.00. The van der Waals surface area contributed by atoms with Gasteiger partial charge in [-0.1, -0.05) is 49.1 Å². The molecule has 166 valence electrons.